The summed E-state index contributed by atoms with van der Waals surface area (Å²) in [5.41, 5.74) is 9.09. The van der Waals surface area contributed by atoms with Gasteiger partial charge in [-0.05, 0) is 40.6 Å². The second-order valence-corrected chi connectivity index (χ2v) is 8.65. The molecule has 0 aromatic heterocycles. The summed E-state index contributed by atoms with van der Waals surface area (Å²) in [7, 11) is -3.67. The van der Waals surface area contributed by atoms with Gasteiger partial charge in [-0.2, -0.15) is 8.42 Å². The standard InChI is InChI=1S/C21H18N4.CH4O3S/c22-21(24-25-13-12-14-4-1-2-7-19(14)25)23-18-11-10-16-9-8-15-5-3-6-17(18)20(15)16;1-5(2,3)4/h1-11H,12-13H2,(H3,22,23,24);1H3,(H,2,3,4). The monoisotopic (exact) mass is 422 g/mol. The second-order valence-electron chi connectivity index (χ2n) is 7.18. The highest BCUT2D eigenvalue weighted by molar-refractivity contribution is 7.85. The van der Waals surface area contributed by atoms with E-state index in [4.69, 9.17) is 9.96 Å². The van der Waals surface area contributed by atoms with Crippen LogP contribution in [0.5, 0.6) is 0 Å². The Labute approximate surface area is 175 Å². The molecule has 1 aliphatic carbocycles. The number of fused-ring (bicyclic) bond motifs is 1. The minimum atomic E-state index is -3.67. The van der Waals surface area contributed by atoms with Crippen LogP contribution in [-0.2, 0) is 16.5 Å². The van der Waals surface area contributed by atoms with Crippen LogP contribution in [0.25, 0.3) is 22.9 Å². The van der Waals surface area contributed by atoms with Gasteiger partial charge in [-0.25, -0.2) is 0 Å². The van der Waals surface area contributed by atoms with Crippen molar-refractivity contribution in [3.05, 3.63) is 71.3 Å². The van der Waals surface area contributed by atoms with E-state index >= 15 is 0 Å². The van der Waals surface area contributed by atoms with Gasteiger partial charge in [0.25, 0.3) is 10.1 Å². The lowest BCUT2D eigenvalue weighted by molar-refractivity contribution is 0.490. The summed E-state index contributed by atoms with van der Waals surface area (Å²) in [6.45, 7) is 0.872. The van der Waals surface area contributed by atoms with Crippen LogP contribution in [0.4, 0.5) is 11.4 Å². The van der Waals surface area contributed by atoms with Crippen molar-refractivity contribution in [3.63, 3.8) is 0 Å². The Morgan fingerprint density at radius 1 is 1.03 bits per heavy atom. The van der Waals surface area contributed by atoms with E-state index < -0.39 is 10.1 Å². The number of anilines is 2. The van der Waals surface area contributed by atoms with Crippen molar-refractivity contribution in [2.24, 2.45) is 0 Å². The number of rotatable bonds is 2. The van der Waals surface area contributed by atoms with Gasteiger partial charge in [0.15, 0.2) is 0 Å². The molecule has 0 saturated heterocycles. The van der Waals surface area contributed by atoms with E-state index in [0.717, 1.165) is 29.7 Å². The second kappa shape index (κ2) is 7.81. The van der Waals surface area contributed by atoms with E-state index in [1.54, 1.807) is 0 Å². The molecule has 0 saturated carbocycles. The Hall–Kier alpha value is -3.36. The molecule has 30 heavy (non-hydrogen) atoms. The average molecular weight is 423 g/mol. The van der Waals surface area contributed by atoms with Crippen LogP contribution in [0.1, 0.15) is 16.7 Å². The Morgan fingerprint density at radius 3 is 2.50 bits per heavy atom. The Kier molecular flexibility index (Phi) is 5.19. The first-order chi connectivity index (χ1) is 14.3. The number of hydrazine groups is 1. The SMILES string of the molecule is CS(=O)(=O)O.N=C(Nc1ccc2c3c(cccc13)C=C2)NN1CCc2ccccc21. The highest BCUT2D eigenvalue weighted by Crippen LogP contribution is 2.35. The zero-order valence-corrected chi connectivity index (χ0v) is 17.2. The third kappa shape index (κ3) is 4.29. The number of nitrogens with zero attached hydrogens (tertiary/aromatic N) is 1. The van der Waals surface area contributed by atoms with Gasteiger partial charge in [0.1, 0.15) is 0 Å². The summed E-state index contributed by atoms with van der Waals surface area (Å²) >= 11 is 0. The first-order valence-electron chi connectivity index (χ1n) is 9.43. The van der Waals surface area contributed by atoms with Crippen LogP contribution in [0.2, 0.25) is 0 Å². The molecule has 8 heteroatoms. The summed E-state index contributed by atoms with van der Waals surface area (Å²) in [5.74, 6) is 0.281. The van der Waals surface area contributed by atoms with E-state index in [2.05, 4.69) is 65.4 Å². The van der Waals surface area contributed by atoms with E-state index in [0.29, 0.717) is 6.26 Å². The maximum absolute atomic E-state index is 9.19. The molecule has 154 valence electrons. The molecule has 0 amide bonds. The van der Waals surface area contributed by atoms with Crippen LogP contribution in [0.15, 0.2) is 54.6 Å². The highest BCUT2D eigenvalue weighted by Gasteiger charge is 2.19. The molecule has 3 aromatic rings. The van der Waals surface area contributed by atoms with Crippen molar-refractivity contribution in [2.45, 2.75) is 6.42 Å². The number of nitrogens with one attached hydrogen (secondary N) is 3. The minimum absolute atomic E-state index is 0.281. The molecule has 4 N–H and O–H groups in total. The zero-order chi connectivity index (χ0) is 21.3. The highest BCUT2D eigenvalue weighted by atomic mass is 32.2. The summed E-state index contributed by atoms with van der Waals surface area (Å²) < 4.78 is 25.9. The van der Waals surface area contributed by atoms with Crippen LogP contribution in [0.3, 0.4) is 0 Å². The Bertz CT molecular complexity index is 1250. The Morgan fingerprint density at radius 2 is 1.73 bits per heavy atom. The van der Waals surface area contributed by atoms with E-state index in [-0.39, 0.29) is 5.96 Å². The molecule has 5 rings (SSSR count). The average Bonchev–Trinajstić information content (AvgIpc) is 3.28. The summed E-state index contributed by atoms with van der Waals surface area (Å²) in [6, 6.07) is 18.8. The molecule has 0 spiro atoms. The van der Waals surface area contributed by atoms with Gasteiger partial charge < -0.3 is 5.32 Å². The lowest BCUT2D eigenvalue weighted by Gasteiger charge is -2.23. The molecule has 0 bridgehead atoms. The van der Waals surface area contributed by atoms with Crippen LogP contribution >= 0.6 is 0 Å². The fourth-order valence-corrected chi connectivity index (χ4v) is 3.78. The first-order valence-corrected chi connectivity index (χ1v) is 11.3. The molecular weight excluding hydrogens is 400 g/mol. The number of para-hydroxylation sites is 1. The maximum Gasteiger partial charge on any atom is 0.261 e. The molecule has 1 aliphatic heterocycles. The predicted octanol–water partition coefficient (Wildman–Crippen LogP) is 3.74. The lowest BCUT2D eigenvalue weighted by atomic mass is 10.0. The van der Waals surface area contributed by atoms with Gasteiger partial charge in [0.05, 0.1) is 11.9 Å². The third-order valence-corrected chi connectivity index (χ3v) is 4.94. The van der Waals surface area contributed by atoms with Crippen molar-refractivity contribution in [1.82, 2.24) is 5.43 Å². The number of benzene rings is 3. The van der Waals surface area contributed by atoms with Crippen LogP contribution < -0.4 is 15.8 Å². The molecule has 0 radical (unpaired) electrons. The van der Waals surface area contributed by atoms with Crippen LogP contribution in [-0.4, -0.2) is 31.7 Å². The smallest absolute Gasteiger partial charge is 0.261 e. The fourth-order valence-electron chi connectivity index (χ4n) is 3.78. The molecule has 0 fully saturated rings. The molecule has 2 aliphatic rings. The Balaban J connectivity index is 0.000000393. The van der Waals surface area contributed by atoms with E-state index in [9.17, 15) is 8.42 Å². The quantitative estimate of drug-likeness (QED) is 0.223. The predicted molar refractivity (Wildman–Crippen MR) is 122 cm³/mol. The van der Waals surface area contributed by atoms with Crippen molar-refractivity contribution in [2.75, 3.05) is 23.1 Å². The molecular formula is C22H22N4O3S. The van der Waals surface area contributed by atoms with Crippen molar-refractivity contribution in [1.29, 1.82) is 5.41 Å². The summed E-state index contributed by atoms with van der Waals surface area (Å²) in [4.78, 5) is 0. The van der Waals surface area contributed by atoms with E-state index in [1.807, 2.05) is 17.1 Å². The van der Waals surface area contributed by atoms with Gasteiger partial charge in [-0.3, -0.25) is 20.4 Å². The minimum Gasteiger partial charge on any atom is -0.325 e. The number of hydrogen-bond acceptors (Lipinski definition) is 4. The molecule has 0 unspecified atom stereocenters. The van der Waals surface area contributed by atoms with E-state index in [1.165, 1.54) is 22.1 Å². The van der Waals surface area contributed by atoms with Crippen molar-refractivity contribution < 1.29 is 13.0 Å². The topological polar surface area (TPSA) is 106 Å². The van der Waals surface area contributed by atoms with Gasteiger partial charge in [0.2, 0.25) is 5.96 Å². The molecule has 7 nitrogen and oxygen atoms in total. The number of hydrogen-bond donors (Lipinski definition) is 4. The van der Waals surface area contributed by atoms with Crippen molar-refractivity contribution in [3.8, 4) is 0 Å². The molecule has 3 aromatic carbocycles. The zero-order valence-electron chi connectivity index (χ0n) is 16.4. The summed E-state index contributed by atoms with van der Waals surface area (Å²) in [6.07, 6.45) is 6.01. The third-order valence-electron chi connectivity index (χ3n) is 4.94. The molecule has 1 heterocycles. The van der Waals surface area contributed by atoms with Gasteiger partial charge in [-0.15, -0.1) is 0 Å². The van der Waals surface area contributed by atoms with Gasteiger partial charge >= 0.3 is 0 Å². The lowest BCUT2D eigenvalue weighted by Crippen LogP contribution is -2.44. The first kappa shape index (κ1) is 19.9. The van der Waals surface area contributed by atoms with Crippen molar-refractivity contribution >= 4 is 50.4 Å². The molecule has 0 atom stereocenters. The normalized spacial score (nSPS) is 13.6. The van der Waals surface area contributed by atoms with Gasteiger partial charge in [0, 0.05) is 17.6 Å². The fraction of sp³-hybridized carbons (Fsp3) is 0.136. The summed E-state index contributed by atoms with van der Waals surface area (Å²) in [5, 5.41) is 16.0. The maximum atomic E-state index is 9.19. The van der Waals surface area contributed by atoms with Gasteiger partial charge in [-0.1, -0.05) is 54.6 Å². The van der Waals surface area contributed by atoms with Crippen LogP contribution in [0, 0.1) is 5.41 Å². The largest absolute Gasteiger partial charge is 0.325 e. The number of guanidine groups is 1.